The van der Waals surface area contributed by atoms with Crippen LogP contribution >= 0.6 is 11.8 Å². The van der Waals surface area contributed by atoms with Gasteiger partial charge in [-0.2, -0.15) is 8.78 Å². The lowest BCUT2D eigenvalue weighted by atomic mass is 10.2. The molecule has 2 aromatic heterocycles. The van der Waals surface area contributed by atoms with E-state index in [2.05, 4.69) is 15.5 Å². The van der Waals surface area contributed by atoms with Crippen LogP contribution in [0.15, 0.2) is 53.6 Å². The molecule has 0 saturated heterocycles. The molecule has 0 aliphatic heterocycles. The van der Waals surface area contributed by atoms with Gasteiger partial charge in [-0.1, -0.05) is 17.8 Å². The minimum atomic E-state index is -2.47. The highest BCUT2D eigenvalue weighted by molar-refractivity contribution is 7.99. The maximum atomic E-state index is 12.3. The molecule has 1 N–H and O–H groups in total. The molecule has 1 aromatic carbocycles. The fourth-order valence-corrected chi connectivity index (χ4v) is 2.74. The highest BCUT2D eigenvalue weighted by Crippen LogP contribution is 2.25. The number of nitrogens with zero attached hydrogens (tertiary/aromatic N) is 3. The Morgan fingerprint density at radius 1 is 1.17 bits per heavy atom. The number of pyridine rings is 1. The molecule has 0 aliphatic carbocycles. The summed E-state index contributed by atoms with van der Waals surface area (Å²) in [6.45, 7) is 0.405. The number of nitrogens with one attached hydrogen (secondary N) is 1. The second-order valence-corrected chi connectivity index (χ2v) is 6.02. The summed E-state index contributed by atoms with van der Waals surface area (Å²) in [4.78, 5) is 12.5. The van der Waals surface area contributed by atoms with E-state index < -0.39 is 5.76 Å². The zero-order valence-corrected chi connectivity index (χ0v) is 13.3. The summed E-state index contributed by atoms with van der Waals surface area (Å²) >= 11 is 0.453. The van der Waals surface area contributed by atoms with Crippen LogP contribution in [0.5, 0.6) is 0 Å². The molecular weight excluding hydrogens is 334 g/mol. The lowest BCUT2D eigenvalue weighted by molar-refractivity contribution is 0.0954. The number of carbonyl (C=O) groups is 1. The van der Waals surface area contributed by atoms with E-state index in [9.17, 15) is 13.6 Å². The second-order valence-electron chi connectivity index (χ2n) is 4.95. The van der Waals surface area contributed by atoms with Crippen LogP contribution in [0.25, 0.3) is 5.65 Å². The van der Waals surface area contributed by atoms with Gasteiger partial charge in [0.2, 0.25) is 0 Å². The zero-order chi connectivity index (χ0) is 16.9. The van der Waals surface area contributed by atoms with Crippen LogP contribution in [-0.2, 0) is 6.42 Å². The number of hydrogen-bond acceptors (Lipinski definition) is 4. The van der Waals surface area contributed by atoms with Crippen LogP contribution in [-0.4, -0.2) is 32.8 Å². The summed E-state index contributed by atoms with van der Waals surface area (Å²) < 4.78 is 26.4. The number of hydrogen-bond donors (Lipinski definition) is 1. The number of halogens is 2. The Balaban J connectivity index is 1.55. The fourth-order valence-electron chi connectivity index (χ4n) is 2.24. The summed E-state index contributed by atoms with van der Waals surface area (Å²) in [5.74, 6) is -1.96. The van der Waals surface area contributed by atoms with Crippen LogP contribution in [0, 0.1) is 0 Å². The Kier molecular flexibility index (Phi) is 5.05. The van der Waals surface area contributed by atoms with E-state index in [4.69, 9.17) is 0 Å². The number of carbonyl (C=O) groups excluding carboxylic acids is 1. The van der Waals surface area contributed by atoms with Gasteiger partial charge < -0.3 is 5.32 Å². The van der Waals surface area contributed by atoms with Crippen molar-refractivity contribution in [3.63, 3.8) is 0 Å². The molecule has 3 aromatic rings. The van der Waals surface area contributed by atoms with E-state index in [1.807, 2.05) is 28.8 Å². The van der Waals surface area contributed by atoms with Gasteiger partial charge in [-0.25, -0.2) is 0 Å². The van der Waals surface area contributed by atoms with Gasteiger partial charge in [-0.15, -0.1) is 10.2 Å². The third-order valence-corrected chi connectivity index (χ3v) is 4.08. The first kappa shape index (κ1) is 16.4. The van der Waals surface area contributed by atoms with Crippen molar-refractivity contribution in [2.45, 2.75) is 17.1 Å². The summed E-state index contributed by atoms with van der Waals surface area (Å²) in [7, 11) is 0. The number of fused-ring (bicyclic) bond motifs is 1. The van der Waals surface area contributed by atoms with Crippen molar-refractivity contribution in [3.05, 3.63) is 60.0 Å². The van der Waals surface area contributed by atoms with Crippen molar-refractivity contribution >= 4 is 23.3 Å². The van der Waals surface area contributed by atoms with Crippen molar-refractivity contribution in [1.82, 2.24) is 19.9 Å². The molecule has 0 radical (unpaired) electrons. The lowest BCUT2D eigenvalue weighted by Gasteiger charge is -2.06. The van der Waals surface area contributed by atoms with Gasteiger partial charge in [-0.05, 0) is 36.4 Å². The van der Waals surface area contributed by atoms with Crippen LogP contribution in [0.2, 0.25) is 0 Å². The van der Waals surface area contributed by atoms with Gasteiger partial charge in [-0.3, -0.25) is 9.20 Å². The highest BCUT2D eigenvalue weighted by Gasteiger charge is 2.09. The molecule has 8 heteroatoms. The predicted molar refractivity (Wildman–Crippen MR) is 87.3 cm³/mol. The standard InChI is InChI=1S/C16H14F2N4OS/c17-16(18)24-12-6-4-11(5-7-12)15(23)19-9-8-14-21-20-13-3-1-2-10-22(13)14/h1-7,10,16H,8-9H2,(H,19,23). The maximum Gasteiger partial charge on any atom is 0.288 e. The average Bonchev–Trinajstić information content (AvgIpc) is 2.98. The summed E-state index contributed by atoms with van der Waals surface area (Å²) in [6.07, 6.45) is 2.40. The molecule has 0 saturated carbocycles. The minimum Gasteiger partial charge on any atom is -0.352 e. The number of rotatable bonds is 6. The molecule has 0 fully saturated rings. The van der Waals surface area contributed by atoms with Crippen LogP contribution in [0.1, 0.15) is 16.2 Å². The van der Waals surface area contributed by atoms with Gasteiger partial charge in [0.15, 0.2) is 5.65 Å². The first-order valence-electron chi connectivity index (χ1n) is 7.25. The molecule has 24 heavy (non-hydrogen) atoms. The highest BCUT2D eigenvalue weighted by atomic mass is 32.2. The predicted octanol–water partition coefficient (Wildman–Crippen LogP) is 3.02. The monoisotopic (exact) mass is 348 g/mol. The van der Waals surface area contributed by atoms with E-state index in [0.29, 0.717) is 35.2 Å². The molecule has 5 nitrogen and oxygen atoms in total. The molecule has 0 atom stereocenters. The third-order valence-electron chi connectivity index (χ3n) is 3.36. The largest absolute Gasteiger partial charge is 0.352 e. The molecule has 2 heterocycles. The average molecular weight is 348 g/mol. The molecule has 0 aliphatic rings. The fraction of sp³-hybridized carbons (Fsp3) is 0.188. The summed E-state index contributed by atoms with van der Waals surface area (Å²) in [5.41, 5.74) is 1.19. The van der Waals surface area contributed by atoms with E-state index in [1.54, 1.807) is 0 Å². The Labute approximate surface area is 141 Å². The SMILES string of the molecule is O=C(NCCc1nnc2ccccn12)c1ccc(SC(F)F)cc1. The van der Waals surface area contributed by atoms with Crippen molar-refractivity contribution < 1.29 is 13.6 Å². The smallest absolute Gasteiger partial charge is 0.288 e. The van der Waals surface area contributed by atoms with E-state index >= 15 is 0 Å². The topological polar surface area (TPSA) is 59.3 Å². The second kappa shape index (κ2) is 7.39. The van der Waals surface area contributed by atoms with E-state index in [0.717, 1.165) is 11.5 Å². The van der Waals surface area contributed by atoms with Crippen LogP contribution in [0.4, 0.5) is 8.78 Å². The van der Waals surface area contributed by atoms with E-state index in [-0.39, 0.29) is 5.91 Å². The van der Waals surface area contributed by atoms with Crippen LogP contribution < -0.4 is 5.32 Å². The van der Waals surface area contributed by atoms with Crippen LogP contribution in [0.3, 0.4) is 0 Å². The van der Waals surface area contributed by atoms with Crippen molar-refractivity contribution in [1.29, 1.82) is 0 Å². The molecule has 0 unspecified atom stereocenters. The van der Waals surface area contributed by atoms with Crippen molar-refractivity contribution in [2.24, 2.45) is 0 Å². The first-order valence-corrected chi connectivity index (χ1v) is 8.13. The molecule has 0 spiro atoms. The van der Waals surface area contributed by atoms with Crippen molar-refractivity contribution in [2.75, 3.05) is 6.54 Å². The Hall–Kier alpha value is -2.48. The van der Waals surface area contributed by atoms with Gasteiger partial charge in [0, 0.05) is 29.6 Å². The first-order chi connectivity index (χ1) is 11.6. The summed E-state index contributed by atoms with van der Waals surface area (Å²) in [5, 5.41) is 10.9. The number of thioether (sulfide) groups is 1. The summed E-state index contributed by atoms with van der Waals surface area (Å²) in [6, 6.07) is 11.7. The number of alkyl halides is 2. The number of aromatic nitrogens is 3. The minimum absolute atomic E-state index is 0.252. The van der Waals surface area contributed by atoms with Crippen molar-refractivity contribution in [3.8, 4) is 0 Å². The van der Waals surface area contributed by atoms with Gasteiger partial charge >= 0.3 is 0 Å². The maximum absolute atomic E-state index is 12.3. The lowest BCUT2D eigenvalue weighted by Crippen LogP contribution is -2.26. The normalized spacial score (nSPS) is 11.1. The molecular formula is C16H14F2N4OS. The van der Waals surface area contributed by atoms with E-state index in [1.165, 1.54) is 24.3 Å². The quantitative estimate of drug-likeness (QED) is 0.696. The van der Waals surface area contributed by atoms with Gasteiger partial charge in [0.1, 0.15) is 5.82 Å². The zero-order valence-electron chi connectivity index (χ0n) is 12.5. The molecule has 3 rings (SSSR count). The molecule has 0 bridgehead atoms. The van der Waals surface area contributed by atoms with Gasteiger partial charge in [0.25, 0.3) is 11.7 Å². The third kappa shape index (κ3) is 3.88. The number of benzene rings is 1. The molecule has 1 amide bonds. The Morgan fingerprint density at radius 3 is 2.71 bits per heavy atom. The Bertz CT molecular complexity index is 835. The van der Waals surface area contributed by atoms with Gasteiger partial charge in [0.05, 0.1) is 0 Å². The molecule has 124 valence electrons. The Morgan fingerprint density at radius 2 is 1.96 bits per heavy atom. The number of amides is 1.